The van der Waals surface area contributed by atoms with Crippen LogP contribution in [0.15, 0.2) is 18.3 Å². The lowest BCUT2D eigenvalue weighted by Crippen LogP contribution is -2.37. The molecule has 2 rings (SSSR count). The number of pyridine rings is 1. The van der Waals surface area contributed by atoms with Gasteiger partial charge in [-0.05, 0) is 56.5 Å². The van der Waals surface area contributed by atoms with E-state index >= 15 is 0 Å². The molecule has 1 aromatic heterocycles. The first-order valence-electron chi connectivity index (χ1n) is 6.68. The number of piperidine rings is 1. The molecule has 0 unspecified atom stereocenters. The Morgan fingerprint density at radius 1 is 1.41 bits per heavy atom. The highest BCUT2D eigenvalue weighted by Gasteiger charge is 2.19. The molecule has 1 saturated heterocycles. The van der Waals surface area contributed by atoms with Crippen molar-refractivity contribution >= 4 is 5.82 Å². The first-order chi connectivity index (χ1) is 8.29. The Morgan fingerprint density at radius 2 is 2.18 bits per heavy atom. The van der Waals surface area contributed by atoms with Gasteiger partial charge in [0.2, 0.25) is 0 Å². The predicted molar refractivity (Wildman–Crippen MR) is 72.5 cm³/mol. The molecule has 1 N–H and O–H groups in total. The molecule has 1 fully saturated rings. The fourth-order valence-electron chi connectivity index (χ4n) is 2.41. The van der Waals surface area contributed by atoms with E-state index < -0.39 is 0 Å². The molecule has 3 heteroatoms. The van der Waals surface area contributed by atoms with Gasteiger partial charge in [0.05, 0.1) is 0 Å². The molecule has 2 heterocycles. The highest BCUT2D eigenvalue weighted by Crippen LogP contribution is 2.21. The summed E-state index contributed by atoms with van der Waals surface area (Å²) in [4.78, 5) is 6.87. The average molecular weight is 233 g/mol. The van der Waals surface area contributed by atoms with Crippen LogP contribution in [0.1, 0.15) is 25.3 Å². The molecule has 0 bridgehead atoms. The number of anilines is 1. The third-order valence-corrected chi connectivity index (χ3v) is 3.52. The van der Waals surface area contributed by atoms with Crippen LogP contribution in [0.3, 0.4) is 0 Å². The SMILES string of the molecule is CCNCC1CCN(c2cc(C)ccn2)CC1. The Kier molecular flexibility index (Phi) is 4.37. The number of nitrogens with zero attached hydrogens (tertiary/aromatic N) is 2. The lowest BCUT2D eigenvalue weighted by Gasteiger charge is -2.33. The number of rotatable bonds is 4. The van der Waals surface area contributed by atoms with Crippen molar-refractivity contribution in [1.29, 1.82) is 0 Å². The van der Waals surface area contributed by atoms with Gasteiger partial charge in [0.25, 0.3) is 0 Å². The fraction of sp³-hybridized carbons (Fsp3) is 0.643. The summed E-state index contributed by atoms with van der Waals surface area (Å²) >= 11 is 0. The van der Waals surface area contributed by atoms with Crippen molar-refractivity contribution in [2.75, 3.05) is 31.1 Å². The van der Waals surface area contributed by atoms with Crippen molar-refractivity contribution in [2.24, 2.45) is 5.92 Å². The topological polar surface area (TPSA) is 28.2 Å². The van der Waals surface area contributed by atoms with E-state index in [0.29, 0.717) is 0 Å². The van der Waals surface area contributed by atoms with E-state index in [0.717, 1.165) is 31.4 Å². The normalized spacial score (nSPS) is 17.4. The first kappa shape index (κ1) is 12.4. The summed E-state index contributed by atoms with van der Waals surface area (Å²) in [6.45, 7) is 8.85. The maximum Gasteiger partial charge on any atom is 0.128 e. The molecule has 0 spiro atoms. The van der Waals surface area contributed by atoms with E-state index in [-0.39, 0.29) is 0 Å². The van der Waals surface area contributed by atoms with Crippen LogP contribution in [0.5, 0.6) is 0 Å². The van der Waals surface area contributed by atoms with Gasteiger partial charge in [-0.3, -0.25) is 0 Å². The van der Waals surface area contributed by atoms with E-state index in [1.807, 2.05) is 6.20 Å². The lowest BCUT2D eigenvalue weighted by molar-refractivity contribution is 0.385. The zero-order valence-corrected chi connectivity index (χ0v) is 10.9. The van der Waals surface area contributed by atoms with E-state index in [9.17, 15) is 0 Å². The third-order valence-electron chi connectivity index (χ3n) is 3.52. The average Bonchev–Trinajstić information content (AvgIpc) is 2.37. The van der Waals surface area contributed by atoms with Crippen LogP contribution in [0.25, 0.3) is 0 Å². The van der Waals surface area contributed by atoms with Crippen molar-refractivity contribution < 1.29 is 0 Å². The smallest absolute Gasteiger partial charge is 0.128 e. The second-order valence-corrected chi connectivity index (χ2v) is 4.93. The molecule has 17 heavy (non-hydrogen) atoms. The molecule has 0 aromatic carbocycles. The van der Waals surface area contributed by atoms with E-state index in [2.05, 4.69) is 41.2 Å². The van der Waals surface area contributed by atoms with Gasteiger partial charge in [-0.15, -0.1) is 0 Å². The van der Waals surface area contributed by atoms with E-state index in [4.69, 9.17) is 0 Å². The summed E-state index contributed by atoms with van der Waals surface area (Å²) in [6.07, 6.45) is 4.47. The van der Waals surface area contributed by atoms with Crippen LogP contribution in [0.4, 0.5) is 5.82 Å². The second kappa shape index (κ2) is 6.01. The van der Waals surface area contributed by atoms with Crippen molar-refractivity contribution in [3.8, 4) is 0 Å². The molecule has 0 radical (unpaired) electrons. The Labute approximate surface area is 104 Å². The van der Waals surface area contributed by atoms with E-state index in [1.54, 1.807) is 0 Å². The highest BCUT2D eigenvalue weighted by atomic mass is 15.2. The molecule has 1 aliphatic rings. The minimum atomic E-state index is 0.844. The largest absolute Gasteiger partial charge is 0.357 e. The zero-order valence-electron chi connectivity index (χ0n) is 10.9. The molecule has 0 saturated carbocycles. The standard InChI is InChI=1S/C14H23N3/c1-3-15-11-13-5-8-17(9-6-13)14-10-12(2)4-7-16-14/h4,7,10,13,15H,3,5-6,8-9,11H2,1-2H3. The van der Waals surface area contributed by atoms with Crippen molar-refractivity contribution in [2.45, 2.75) is 26.7 Å². The minimum absolute atomic E-state index is 0.844. The molecule has 0 atom stereocenters. The van der Waals surface area contributed by atoms with Crippen LogP contribution in [-0.2, 0) is 0 Å². The Morgan fingerprint density at radius 3 is 2.82 bits per heavy atom. The summed E-state index contributed by atoms with van der Waals surface area (Å²) in [5.41, 5.74) is 1.30. The van der Waals surface area contributed by atoms with Crippen LogP contribution in [0, 0.1) is 12.8 Å². The quantitative estimate of drug-likeness (QED) is 0.864. The van der Waals surface area contributed by atoms with Gasteiger partial charge in [0.1, 0.15) is 5.82 Å². The second-order valence-electron chi connectivity index (χ2n) is 4.93. The molecule has 0 aliphatic carbocycles. The van der Waals surface area contributed by atoms with Crippen LogP contribution < -0.4 is 10.2 Å². The molecular weight excluding hydrogens is 210 g/mol. The number of aryl methyl sites for hydroxylation is 1. The number of aromatic nitrogens is 1. The van der Waals surface area contributed by atoms with Gasteiger partial charge < -0.3 is 10.2 Å². The van der Waals surface area contributed by atoms with Gasteiger partial charge in [0.15, 0.2) is 0 Å². The number of nitrogens with one attached hydrogen (secondary N) is 1. The van der Waals surface area contributed by atoms with Crippen molar-refractivity contribution in [1.82, 2.24) is 10.3 Å². The Hall–Kier alpha value is -1.09. The molecule has 94 valence electrons. The molecule has 0 amide bonds. The summed E-state index contributed by atoms with van der Waals surface area (Å²) in [5.74, 6) is 1.99. The number of hydrogen-bond donors (Lipinski definition) is 1. The monoisotopic (exact) mass is 233 g/mol. The molecule has 1 aromatic rings. The van der Waals surface area contributed by atoms with Crippen LogP contribution in [0.2, 0.25) is 0 Å². The van der Waals surface area contributed by atoms with Gasteiger partial charge in [0, 0.05) is 19.3 Å². The van der Waals surface area contributed by atoms with Gasteiger partial charge in [-0.25, -0.2) is 4.98 Å². The van der Waals surface area contributed by atoms with Gasteiger partial charge >= 0.3 is 0 Å². The highest BCUT2D eigenvalue weighted by molar-refractivity contribution is 5.40. The minimum Gasteiger partial charge on any atom is -0.357 e. The molecule has 1 aliphatic heterocycles. The van der Waals surface area contributed by atoms with Crippen molar-refractivity contribution in [3.05, 3.63) is 23.9 Å². The molecular formula is C14H23N3. The lowest BCUT2D eigenvalue weighted by atomic mass is 9.97. The summed E-state index contributed by atoms with van der Waals surface area (Å²) < 4.78 is 0. The first-order valence-corrected chi connectivity index (χ1v) is 6.68. The summed E-state index contributed by atoms with van der Waals surface area (Å²) in [7, 11) is 0. The Balaban J connectivity index is 1.86. The van der Waals surface area contributed by atoms with Gasteiger partial charge in [-0.1, -0.05) is 6.92 Å². The van der Waals surface area contributed by atoms with Crippen molar-refractivity contribution in [3.63, 3.8) is 0 Å². The zero-order chi connectivity index (χ0) is 12.1. The van der Waals surface area contributed by atoms with Crippen LogP contribution >= 0.6 is 0 Å². The Bertz CT molecular complexity index is 343. The predicted octanol–water partition coefficient (Wildman–Crippen LogP) is 2.22. The maximum atomic E-state index is 4.46. The number of hydrogen-bond acceptors (Lipinski definition) is 3. The molecule has 3 nitrogen and oxygen atoms in total. The van der Waals surface area contributed by atoms with E-state index in [1.165, 1.54) is 24.9 Å². The summed E-state index contributed by atoms with van der Waals surface area (Å²) in [6, 6.07) is 4.24. The van der Waals surface area contributed by atoms with Gasteiger partial charge in [-0.2, -0.15) is 0 Å². The third kappa shape index (κ3) is 3.43. The maximum absolute atomic E-state index is 4.46. The summed E-state index contributed by atoms with van der Waals surface area (Å²) in [5, 5.41) is 3.45. The van der Waals surface area contributed by atoms with Crippen LogP contribution in [-0.4, -0.2) is 31.2 Å². The fourth-order valence-corrected chi connectivity index (χ4v) is 2.41.